The zero-order chi connectivity index (χ0) is 12.3. The van der Waals surface area contributed by atoms with E-state index in [1.54, 1.807) is 0 Å². The van der Waals surface area contributed by atoms with Crippen molar-refractivity contribution in [1.29, 1.82) is 0 Å². The van der Waals surface area contributed by atoms with Crippen molar-refractivity contribution in [3.05, 3.63) is 35.4 Å². The van der Waals surface area contributed by atoms with Gasteiger partial charge in [0, 0.05) is 12.6 Å². The Balaban J connectivity index is 2.01. The Morgan fingerprint density at radius 1 is 1.47 bits per heavy atom. The van der Waals surface area contributed by atoms with E-state index in [1.165, 1.54) is 0 Å². The molecule has 0 aliphatic carbocycles. The number of hydrogen-bond donors (Lipinski definition) is 1. The molecule has 0 spiro atoms. The largest absolute Gasteiger partial charge is 0.380 e. The van der Waals surface area contributed by atoms with Gasteiger partial charge in [0.2, 0.25) is 10.0 Å². The molecule has 1 fully saturated rings. The second-order valence-corrected chi connectivity index (χ2v) is 6.18. The maximum absolute atomic E-state index is 11.9. The minimum Gasteiger partial charge on any atom is -0.380 e. The molecule has 1 atom stereocenters. The summed E-state index contributed by atoms with van der Waals surface area (Å²) in [7, 11) is -3.26. The van der Waals surface area contributed by atoms with Gasteiger partial charge in [0.25, 0.3) is 0 Å². The first-order valence-corrected chi connectivity index (χ1v) is 7.34. The summed E-state index contributed by atoms with van der Waals surface area (Å²) in [6.45, 7) is 3.07. The Labute approximate surface area is 102 Å². The summed E-state index contributed by atoms with van der Waals surface area (Å²) in [6, 6.07) is 7.49. The summed E-state index contributed by atoms with van der Waals surface area (Å²) in [5.41, 5.74) is 1.89. The first-order valence-electron chi connectivity index (χ1n) is 5.68. The predicted octanol–water partition coefficient (Wildman–Crippen LogP) is 1.20. The zero-order valence-electron chi connectivity index (χ0n) is 9.85. The molecule has 0 saturated carbocycles. The van der Waals surface area contributed by atoms with Crippen LogP contribution in [0.5, 0.6) is 0 Å². The van der Waals surface area contributed by atoms with E-state index < -0.39 is 10.0 Å². The highest BCUT2D eigenvalue weighted by Crippen LogP contribution is 2.10. The second kappa shape index (κ2) is 5.16. The third kappa shape index (κ3) is 3.80. The van der Waals surface area contributed by atoms with Crippen LogP contribution < -0.4 is 4.72 Å². The van der Waals surface area contributed by atoms with Gasteiger partial charge < -0.3 is 4.74 Å². The Hall–Kier alpha value is -0.910. The Kier molecular flexibility index (Phi) is 3.81. The first kappa shape index (κ1) is 12.5. The van der Waals surface area contributed by atoms with E-state index >= 15 is 0 Å². The molecular formula is C12H17NO3S. The van der Waals surface area contributed by atoms with E-state index in [2.05, 4.69) is 4.72 Å². The van der Waals surface area contributed by atoms with E-state index in [0.717, 1.165) is 17.5 Å². The third-order valence-electron chi connectivity index (χ3n) is 2.72. The molecule has 0 bridgehead atoms. The number of aryl methyl sites for hydroxylation is 1. The number of ether oxygens (including phenoxy) is 1. The van der Waals surface area contributed by atoms with Gasteiger partial charge in [0.15, 0.2) is 0 Å². The molecule has 1 N–H and O–H groups in total. The van der Waals surface area contributed by atoms with Crippen LogP contribution in [0, 0.1) is 6.92 Å². The Morgan fingerprint density at radius 3 is 2.94 bits per heavy atom. The molecule has 94 valence electrons. The molecule has 1 unspecified atom stereocenters. The van der Waals surface area contributed by atoms with Crippen molar-refractivity contribution < 1.29 is 13.2 Å². The lowest BCUT2D eigenvalue weighted by molar-refractivity contribution is 0.192. The Bertz CT molecular complexity index is 478. The van der Waals surface area contributed by atoms with Gasteiger partial charge in [-0.15, -0.1) is 0 Å². The lowest BCUT2D eigenvalue weighted by atomic mass is 10.2. The molecule has 1 aromatic rings. The third-order valence-corrected chi connectivity index (χ3v) is 4.12. The van der Waals surface area contributed by atoms with Crippen LogP contribution in [0.4, 0.5) is 0 Å². The lowest BCUT2D eigenvalue weighted by Gasteiger charge is -2.11. The second-order valence-electron chi connectivity index (χ2n) is 4.43. The minimum atomic E-state index is -3.26. The fourth-order valence-corrected chi connectivity index (χ4v) is 3.34. The molecule has 4 nitrogen and oxygen atoms in total. The van der Waals surface area contributed by atoms with Crippen LogP contribution in [0.1, 0.15) is 17.5 Å². The van der Waals surface area contributed by atoms with E-state index in [-0.39, 0.29) is 11.8 Å². The van der Waals surface area contributed by atoms with Crippen molar-refractivity contribution in [3.8, 4) is 0 Å². The van der Waals surface area contributed by atoms with E-state index in [9.17, 15) is 8.42 Å². The Morgan fingerprint density at radius 2 is 2.29 bits per heavy atom. The molecule has 1 aliphatic heterocycles. The minimum absolute atomic E-state index is 0.0329. The van der Waals surface area contributed by atoms with Gasteiger partial charge in [-0.05, 0) is 18.9 Å². The van der Waals surface area contributed by atoms with E-state index in [1.807, 2.05) is 31.2 Å². The maximum Gasteiger partial charge on any atom is 0.216 e. The fraction of sp³-hybridized carbons (Fsp3) is 0.500. The number of benzene rings is 1. The molecule has 1 saturated heterocycles. The molecule has 2 rings (SSSR count). The van der Waals surface area contributed by atoms with Gasteiger partial charge >= 0.3 is 0 Å². The number of hydrogen-bond acceptors (Lipinski definition) is 3. The summed E-state index contributed by atoms with van der Waals surface area (Å²) in [5.74, 6) is 0.0329. The molecule has 0 aromatic heterocycles. The van der Waals surface area contributed by atoms with Crippen LogP contribution >= 0.6 is 0 Å². The quantitative estimate of drug-likeness (QED) is 0.879. The van der Waals surface area contributed by atoms with Gasteiger partial charge in [-0.1, -0.05) is 29.8 Å². The van der Waals surface area contributed by atoms with E-state index in [0.29, 0.717) is 13.2 Å². The molecule has 17 heavy (non-hydrogen) atoms. The van der Waals surface area contributed by atoms with Gasteiger partial charge in [0.1, 0.15) is 0 Å². The summed E-state index contributed by atoms with van der Waals surface area (Å²) in [4.78, 5) is 0. The molecule has 1 aliphatic rings. The van der Waals surface area contributed by atoms with Crippen molar-refractivity contribution >= 4 is 10.0 Å². The van der Waals surface area contributed by atoms with Gasteiger partial charge in [-0.2, -0.15) is 0 Å². The van der Waals surface area contributed by atoms with Crippen LogP contribution in [0.3, 0.4) is 0 Å². The molecule has 1 aromatic carbocycles. The monoisotopic (exact) mass is 255 g/mol. The smallest absolute Gasteiger partial charge is 0.216 e. The molecule has 5 heteroatoms. The standard InChI is InChI=1S/C12H17NO3S/c1-10-3-2-4-11(7-10)9-17(14,15)13-12-5-6-16-8-12/h2-4,7,12-13H,5-6,8-9H2,1H3. The van der Waals surface area contributed by atoms with Crippen molar-refractivity contribution in [2.24, 2.45) is 0 Å². The summed E-state index contributed by atoms with van der Waals surface area (Å²) in [6.07, 6.45) is 0.757. The average molecular weight is 255 g/mol. The molecule has 0 radical (unpaired) electrons. The van der Waals surface area contributed by atoms with Crippen molar-refractivity contribution in [3.63, 3.8) is 0 Å². The summed E-state index contributed by atoms with van der Waals surface area (Å²) >= 11 is 0. The maximum atomic E-state index is 11.9. The summed E-state index contributed by atoms with van der Waals surface area (Å²) < 4.78 is 31.6. The molecule has 1 heterocycles. The van der Waals surface area contributed by atoms with Crippen molar-refractivity contribution in [2.45, 2.75) is 25.1 Å². The predicted molar refractivity (Wildman–Crippen MR) is 66.2 cm³/mol. The van der Waals surface area contributed by atoms with Gasteiger partial charge in [-0.25, -0.2) is 13.1 Å². The van der Waals surface area contributed by atoms with Crippen LogP contribution in [-0.2, 0) is 20.5 Å². The molecule has 0 amide bonds. The SMILES string of the molecule is Cc1cccc(CS(=O)(=O)NC2CCOC2)c1. The van der Waals surface area contributed by atoms with Gasteiger partial charge in [0.05, 0.1) is 12.4 Å². The lowest BCUT2D eigenvalue weighted by Crippen LogP contribution is -2.35. The first-order chi connectivity index (χ1) is 8.05. The number of rotatable bonds is 4. The fourth-order valence-electron chi connectivity index (χ4n) is 1.94. The van der Waals surface area contributed by atoms with Gasteiger partial charge in [-0.3, -0.25) is 0 Å². The highest BCUT2D eigenvalue weighted by molar-refractivity contribution is 7.88. The van der Waals surface area contributed by atoms with Crippen molar-refractivity contribution in [1.82, 2.24) is 4.72 Å². The number of nitrogens with one attached hydrogen (secondary N) is 1. The highest BCUT2D eigenvalue weighted by atomic mass is 32.2. The number of sulfonamides is 1. The topological polar surface area (TPSA) is 55.4 Å². The van der Waals surface area contributed by atoms with Crippen molar-refractivity contribution in [2.75, 3.05) is 13.2 Å². The van der Waals surface area contributed by atoms with Crippen LogP contribution in [0.15, 0.2) is 24.3 Å². The highest BCUT2D eigenvalue weighted by Gasteiger charge is 2.22. The van der Waals surface area contributed by atoms with E-state index in [4.69, 9.17) is 4.74 Å². The zero-order valence-corrected chi connectivity index (χ0v) is 10.7. The molecular weight excluding hydrogens is 238 g/mol. The van der Waals surface area contributed by atoms with Crippen LogP contribution in [0.2, 0.25) is 0 Å². The van der Waals surface area contributed by atoms with Crippen LogP contribution in [0.25, 0.3) is 0 Å². The van der Waals surface area contributed by atoms with Crippen LogP contribution in [-0.4, -0.2) is 27.7 Å². The normalized spacial score (nSPS) is 20.6. The summed E-state index contributed by atoms with van der Waals surface area (Å²) in [5, 5.41) is 0. The average Bonchev–Trinajstić information content (AvgIpc) is 2.68.